The minimum absolute atomic E-state index is 0.00709. The van der Waals surface area contributed by atoms with Crippen LogP contribution in [0.5, 0.6) is 0 Å². The number of carbonyl (C=O) groups excluding carboxylic acids is 1. The average molecular weight is 350 g/mol. The first-order valence-corrected chi connectivity index (χ1v) is 9.44. The van der Waals surface area contributed by atoms with Crippen LogP contribution >= 0.6 is 0 Å². The lowest BCUT2D eigenvalue weighted by Gasteiger charge is -2.48. The van der Waals surface area contributed by atoms with E-state index in [-0.39, 0.29) is 23.5 Å². The normalized spacial score (nSPS) is 27.3. The van der Waals surface area contributed by atoms with Gasteiger partial charge in [0.25, 0.3) is 0 Å². The highest BCUT2D eigenvalue weighted by Gasteiger charge is 2.45. The molecule has 1 atom stereocenters. The van der Waals surface area contributed by atoms with Crippen LogP contribution in [0.2, 0.25) is 0 Å². The molecule has 4 nitrogen and oxygen atoms in total. The third kappa shape index (κ3) is 3.27. The van der Waals surface area contributed by atoms with Crippen molar-refractivity contribution < 1.29 is 9.53 Å². The predicted molar refractivity (Wildman–Crippen MR) is 102 cm³/mol. The van der Waals surface area contributed by atoms with E-state index >= 15 is 0 Å². The van der Waals surface area contributed by atoms with Crippen molar-refractivity contribution in [3.63, 3.8) is 0 Å². The topological polar surface area (TPSA) is 64.3 Å². The summed E-state index contributed by atoms with van der Waals surface area (Å²) in [6.45, 7) is 1.30. The van der Waals surface area contributed by atoms with Gasteiger partial charge in [0.15, 0.2) is 0 Å². The van der Waals surface area contributed by atoms with Crippen LogP contribution in [0.4, 0.5) is 0 Å². The summed E-state index contributed by atoms with van der Waals surface area (Å²) in [5.41, 5.74) is 9.80. The lowest BCUT2D eigenvalue weighted by Crippen LogP contribution is -2.56. The van der Waals surface area contributed by atoms with E-state index in [1.54, 1.807) is 0 Å². The number of nitrogens with two attached hydrogens (primary N) is 1. The number of hydrogen-bond donors (Lipinski definition) is 2. The Morgan fingerprint density at radius 3 is 2.62 bits per heavy atom. The summed E-state index contributed by atoms with van der Waals surface area (Å²) in [5, 5.41) is 3.18. The fourth-order valence-corrected chi connectivity index (χ4v) is 4.40. The monoisotopic (exact) mass is 350 g/mol. The molecular weight excluding hydrogens is 324 g/mol. The molecule has 0 radical (unpaired) electrons. The molecule has 0 aromatic heterocycles. The standard InChI is InChI=1S/C22H26N2O2/c23-15-22(17-7-2-1-3-8-17)13-18(14-22)24-21(25)12-20-19-9-5-4-6-16(19)10-11-26-20/h1-9,18,20H,10-15,23H2,(H,24,25). The molecular formula is C22H26N2O2. The lowest BCUT2D eigenvalue weighted by molar-refractivity contribution is -0.126. The molecule has 1 aliphatic heterocycles. The molecule has 0 bridgehead atoms. The Morgan fingerprint density at radius 1 is 1.12 bits per heavy atom. The van der Waals surface area contributed by atoms with E-state index in [0.717, 1.165) is 24.8 Å². The van der Waals surface area contributed by atoms with Gasteiger partial charge in [-0.2, -0.15) is 0 Å². The average Bonchev–Trinajstić information content (AvgIpc) is 2.65. The molecule has 2 aromatic rings. The van der Waals surface area contributed by atoms with Crippen molar-refractivity contribution in [3.8, 4) is 0 Å². The molecule has 1 aliphatic carbocycles. The fourth-order valence-electron chi connectivity index (χ4n) is 4.40. The van der Waals surface area contributed by atoms with Crippen LogP contribution in [0.15, 0.2) is 54.6 Å². The van der Waals surface area contributed by atoms with Crippen LogP contribution in [0.1, 0.15) is 42.1 Å². The van der Waals surface area contributed by atoms with Crippen LogP contribution in [0, 0.1) is 0 Å². The van der Waals surface area contributed by atoms with Gasteiger partial charge in [-0.05, 0) is 36.0 Å². The maximum atomic E-state index is 12.5. The Balaban J connectivity index is 1.35. The first-order chi connectivity index (χ1) is 12.7. The van der Waals surface area contributed by atoms with E-state index < -0.39 is 0 Å². The number of fused-ring (bicyclic) bond motifs is 1. The van der Waals surface area contributed by atoms with Crippen LogP contribution in [-0.2, 0) is 21.4 Å². The smallest absolute Gasteiger partial charge is 0.223 e. The zero-order valence-corrected chi connectivity index (χ0v) is 15.0. The molecule has 2 aromatic carbocycles. The second kappa shape index (κ2) is 7.22. The zero-order valence-electron chi connectivity index (χ0n) is 15.0. The molecule has 136 valence electrons. The summed E-state index contributed by atoms with van der Waals surface area (Å²) in [6, 6.07) is 18.9. The molecule has 1 unspecified atom stereocenters. The lowest BCUT2D eigenvalue weighted by atomic mass is 9.61. The molecule has 4 rings (SSSR count). The highest BCUT2D eigenvalue weighted by atomic mass is 16.5. The van der Waals surface area contributed by atoms with Crippen molar-refractivity contribution in [2.24, 2.45) is 5.73 Å². The minimum atomic E-state index is -0.131. The molecule has 1 saturated carbocycles. The van der Waals surface area contributed by atoms with E-state index in [2.05, 4.69) is 41.7 Å². The highest BCUT2D eigenvalue weighted by molar-refractivity contribution is 5.77. The number of carbonyl (C=O) groups is 1. The third-order valence-corrected chi connectivity index (χ3v) is 5.88. The Morgan fingerprint density at radius 2 is 1.85 bits per heavy atom. The van der Waals surface area contributed by atoms with Gasteiger partial charge in [0, 0.05) is 18.0 Å². The fraction of sp³-hybridized carbons (Fsp3) is 0.409. The van der Waals surface area contributed by atoms with Gasteiger partial charge in [0.2, 0.25) is 5.91 Å². The molecule has 3 N–H and O–H groups in total. The molecule has 1 amide bonds. The van der Waals surface area contributed by atoms with Crippen molar-refractivity contribution in [1.29, 1.82) is 0 Å². The Bertz CT molecular complexity index is 769. The molecule has 2 aliphatic rings. The van der Waals surface area contributed by atoms with Crippen molar-refractivity contribution in [2.75, 3.05) is 13.2 Å². The summed E-state index contributed by atoms with van der Waals surface area (Å²) in [4.78, 5) is 12.5. The summed E-state index contributed by atoms with van der Waals surface area (Å²) in [6.07, 6.45) is 2.98. The molecule has 26 heavy (non-hydrogen) atoms. The van der Waals surface area contributed by atoms with Gasteiger partial charge in [-0.1, -0.05) is 54.6 Å². The van der Waals surface area contributed by atoms with Crippen LogP contribution < -0.4 is 11.1 Å². The van der Waals surface area contributed by atoms with E-state index in [1.165, 1.54) is 11.1 Å². The number of amides is 1. The van der Waals surface area contributed by atoms with E-state index in [4.69, 9.17) is 10.5 Å². The van der Waals surface area contributed by atoms with Gasteiger partial charge in [0.05, 0.1) is 19.1 Å². The molecule has 0 spiro atoms. The highest BCUT2D eigenvalue weighted by Crippen LogP contribution is 2.43. The number of hydrogen-bond acceptors (Lipinski definition) is 3. The minimum Gasteiger partial charge on any atom is -0.373 e. The van der Waals surface area contributed by atoms with Crippen LogP contribution in [0.25, 0.3) is 0 Å². The van der Waals surface area contributed by atoms with Crippen molar-refractivity contribution in [3.05, 3.63) is 71.3 Å². The second-order valence-corrected chi connectivity index (χ2v) is 7.54. The number of rotatable bonds is 5. The summed E-state index contributed by atoms with van der Waals surface area (Å²) in [7, 11) is 0. The first kappa shape index (κ1) is 17.3. The second-order valence-electron chi connectivity index (χ2n) is 7.54. The molecule has 0 saturated heterocycles. The summed E-state index contributed by atoms with van der Waals surface area (Å²) < 4.78 is 5.86. The Labute approximate surface area is 154 Å². The van der Waals surface area contributed by atoms with E-state index in [9.17, 15) is 4.79 Å². The summed E-state index contributed by atoms with van der Waals surface area (Å²) >= 11 is 0. The third-order valence-electron chi connectivity index (χ3n) is 5.88. The van der Waals surface area contributed by atoms with Gasteiger partial charge in [-0.15, -0.1) is 0 Å². The van der Waals surface area contributed by atoms with Gasteiger partial charge >= 0.3 is 0 Å². The SMILES string of the molecule is NCC1(c2ccccc2)CC(NC(=O)CC2OCCc3ccccc32)C1. The largest absolute Gasteiger partial charge is 0.373 e. The zero-order chi connectivity index (χ0) is 18.0. The first-order valence-electron chi connectivity index (χ1n) is 9.44. The van der Waals surface area contributed by atoms with Gasteiger partial charge < -0.3 is 15.8 Å². The summed E-state index contributed by atoms with van der Waals surface area (Å²) in [5.74, 6) is 0.0652. The quantitative estimate of drug-likeness (QED) is 0.871. The van der Waals surface area contributed by atoms with Crippen LogP contribution in [0.3, 0.4) is 0 Å². The number of nitrogens with one attached hydrogen (secondary N) is 1. The van der Waals surface area contributed by atoms with Gasteiger partial charge in [-0.25, -0.2) is 0 Å². The van der Waals surface area contributed by atoms with Crippen molar-refractivity contribution >= 4 is 5.91 Å². The van der Waals surface area contributed by atoms with Crippen molar-refractivity contribution in [1.82, 2.24) is 5.32 Å². The maximum Gasteiger partial charge on any atom is 0.223 e. The van der Waals surface area contributed by atoms with Crippen molar-refractivity contribution in [2.45, 2.75) is 43.2 Å². The Kier molecular flexibility index (Phi) is 4.79. The van der Waals surface area contributed by atoms with Crippen LogP contribution in [-0.4, -0.2) is 25.1 Å². The Hall–Kier alpha value is -2.17. The molecule has 1 fully saturated rings. The van der Waals surface area contributed by atoms with E-state index in [0.29, 0.717) is 19.6 Å². The molecule has 1 heterocycles. The predicted octanol–water partition coefficient (Wildman–Crippen LogP) is 2.87. The van der Waals surface area contributed by atoms with Gasteiger partial charge in [-0.3, -0.25) is 4.79 Å². The molecule has 4 heteroatoms. The maximum absolute atomic E-state index is 12.5. The van der Waals surface area contributed by atoms with E-state index in [1.807, 2.05) is 18.2 Å². The number of ether oxygens (including phenoxy) is 1. The number of benzene rings is 2. The van der Waals surface area contributed by atoms with Gasteiger partial charge in [0.1, 0.15) is 0 Å².